The molecule has 29 heavy (non-hydrogen) atoms. The summed E-state index contributed by atoms with van der Waals surface area (Å²) >= 11 is 0. The minimum absolute atomic E-state index is 0.0198. The first kappa shape index (κ1) is 20.0. The quantitative estimate of drug-likeness (QED) is 0.833. The molecule has 6 nitrogen and oxygen atoms in total. The highest BCUT2D eigenvalue weighted by atomic mass is 19.1. The van der Waals surface area contributed by atoms with Crippen LogP contribution in [0.1, 0.15) is 47.1 Å². The summed E-state index contributed by atoms with van der Waals surface area (Å²) in [7, 11) is 0. The van der Waals surface area contributed by atoms with Crippen molar-refractivity contribution in [2.24, 2.45) is 0 Å². The lowest BCUT2D eigenvalue weighted by Gasteiger charge is -2.32. The van der Waals surface area contributed by atoms with Crippen molar-refractivity contribution in [3.8, 4) is 0 Å². The predicted molar refractivity (Wildman–Crippen MR) is 103 cm³/mol. The molecule has 156 valence electrons. The number of amides is 1. The van der Waals surface area contributed by atoms with E-state index < -0.39 is 17.5 Å². The van der Waals surface area contributed by atoms with Crippen LogP contribution in [0, 0.1) is 11.6 Å². The first-order chi connectivity index (χ1) is 14.0. The van der Waals surface area contributed by atoms with Gasteiger partial charge < -0.3 is 10.1 Å². The molecule has 2 aromatic rings. The van der Waals surface area contributed by atoms with Crippen LogP contribution < -0.4 is 5.32 Å². The Morgan fingerprint density at radius 1 is 1.31 bits per heavy atom. The van der Waals surface area contributed by atoms with Crippen LogP contribution in [-0.4, -0.2) is 46.3 Å². The Balaban J connectivity index is 1.33. The number of benzene rings is 1. The number of aryl methyl sites for hydroxylation is 1. The van der Waals surface area contributed by atoms with Crippen molar-refractivity contribution in [3.05, 3.63) is 52.3 Å². The molecule has 1 aromatic carbocycles. The third-order valence-corrected chi connectivity index (χ3v) is 5.75. The van der Waals surface area contributed by atoms with Crippen molar-refractivity contribution in [1.29, 1.82) is 0 Å². The molecule has 2 aliphatic rings. The summed E-state index contributed by atoms with van der Waals surface area (Å²) in [5.41, 5.74) is 3.47. The highest BCUT2D eigenvalue weighted by Crippen LogP contribution is 2.23. The molecule has 2 aliphatic heterocycles. The molecule has 1 aromatic heterocycles. The Bertz CT molecular complexity index is 891. The zero-order chi connectivity index (χ0) is 20.4. The Hall–Kier alpha value is -2.32. The molecule has 1 fully saturated rings. The van der Waals surface area contributed by atoms with Gasteiger partial charge in [0.2, 0.25) is 0 Å². The number of rotatable bonds is 5. The molecule has 0 radical (unpaired) electrons. The molecule has 0 atom stereocenters. The molecule has 4 rings (SSSR count). The number of carbonyl (C=O) groups excluding carboxylic acids is 1. The Morgan fingerprint density at radius 2 is 2.10 bits per heavy atom. The fourth-order valence-corrected chi connectivity index (χ4v) is 4.15. The number of aromatic nitrogens is 2. The van der Waals surface area contributed by atoms with Gasteiger partial charge in [0.05, 0.1) is 24.5 Å². The zero-order valence-electron chi connectivity index (χ0n) is 16.6. The maximum atomic E-state index is 13.8. The normalized spacial score (nSPS) is 17.9. The molecular formula is C21H26F2N4O2. The number of likely N-dealkylation sites (tertiary alicyclic amines) is 1. The number of halogens is 2. The lowest BCUT2D eigenvalue weighted by molar-refractivity contribution is 0.0902. The van der Waals surface area contributed by atoms with E-state index in [1.54, 1.807) is 0 Å². The molecule has 0 saturated carbocycles. The van der Waals surface area contributed by atoms with Gasteiger partial charge in [-0.2, -0.15) is 5.10 Å². The summed E-state index contributed by atoms with van der Waals surface area (Å²) in [6.07, 6.45) is 2.47. The van der Waals surface area contributed by atoms with Crippen LogP contribution in [0.3, 0.4) is 0 Å². The van der Waals surface area contributed by atoms with Crippen molar-refractivity contribution in [3.63, 3.8) is 0 Å². The third-order valence-electron chi connectivity index (χ3n) is 5.75. The van der Waals surface area contributed by atoms with Crippen LogP contribution >= 0.6 is 0 Å². The summed E-state index contributed by atoms with van der Waals surface area (Å²) in [5.74, 6) is -2.02. The van der Waals surface area contributed by atoms with Gasteiger partial charge in [-0.15, -0.1) is 0 Å². The van der Waals surface area contributed by atoms with E-state index in [1.807, 2.05) is 0 Å². The topological polar surface area (TPSA) is 59.4 Å². The molecule has 0 spiro atoms. The average molecular weight is 404 g/mol. The van der Waals surface area contributed by atoms with E-state index in [0.29, 0.717) is 6.61 Å². The third kappa shape index (κ3) is 4.33. The standard InChI is InChI=1S/C21H26F2N4O2/c1-2-27-20-7-10-29-13-17(20)19(25-27)12-26-8-5-15(6-9-26)24-21(28)16-4-3-14(22)11-18(16)23/h3-4,11,15H,2,5-10,12-13H2,1H3,(H,24,28). The SMILES string of the molecule is CCn1nc(CN2CCC(NC(=O)c3ccc(F)cc3F)CC2)c2c1CCOC2. The minimum Gasteiger partial charge on any atom is -0.376 e. The first-order valence-corrected chi connectivity index (χ1v) is 10.2. The molecule has 1 saturated heterocycles. The number of ether oxygens (including phenoxy) is 1. The molecule has 3 heterocycles. The molecule has 1 amide bonds. The van der Waals surface area contributed by atoms with Crippen LogP contribution in [0.25, 0.3) is 0 Å². The van der Waals surface area contributed by atoms with Crippen LogP contribution in [0.2, 0.25) is 0 Å². The highest BCUT2D eigenvalue weighted by molar-refractivity contribution is 5.94. The highest BCUT2D eigenvalue weighted by Gasteiger charge is 2.26. The minimum atomic E-state index is -0.835. The van der Waals surface area contributed by atoms with E-state index in [1.165, 1.54) is 17.3 Å². The Labute approximate surface area is 168 Å². The van der Waals surface area contributed by atoms with Gasteiger partial charge in [-0.05, 0) is 31.9 Å². The van der Waals surface area contributed by atoms with Gasteiger partial charge in [-0.25, -0.2) is 8.78 Å². The maximum Gasteiger partial charge on any atom is 0.254 e. The summed E-state index contributed by atoms with van der Waals surface area (Å²) in [6, 6.07) is 3.00. The Kier molecular flexibility index (Phi) is 5.91. The predicted octanol–water partition coefficient (Wildman–Crippen LogP) is 2.65. The zero-order valence-corrected chi connectivity index (χ0v) is 16.6. The van der Waals surface area contributed by atoms with Crippen LogP contribution in [0.15, 0.2) is 18.2 Å². The van der Waals surface area contributed by atoms with E-state index in [2.05, 4.69) is 21.8 Å². The molecule has 0 bridgehead atoms. The molecule has 0 unspecified atom stereocenters. The number of carbonyl (C=O) groups is 1. The number of fused-ring (bicyclic) bond motifs is 1. The van der Waals surface area contributed by atoms with Crippen molar-refractivity contribution >= 4 is 5.91 Å². The lowest BCUT2D eigenvalue weighted by atomic mass is 10.0. The first-order valence-electron chi connectivity index (χ1n) is 10.2. The number of piperidine rings is 1. The number of nitrogens with zero attached hydrogens (tertiary/aromatic N) is 3. The fraction of sp³-hybridized carbons (Fsp3) is 0.524. The van der Waals surface area contributed by atoms with E-state index >= 15 is 0 Å². The number of nitrogens with one attached hydrogen (secondary N) is 1. The molecular weight excluding hydrogens is 378 g/mol. The maximum absolute atomic E-state index is 13.8. The number of hydrogen-bond acceptors (Lipinski definition) is 4. The second kappa shape index (κ2) is 8.59. The van der Waals surface area contributed by atoms with Crippen LogP contribution in [0.5, 0.6) is 0 Å². The average Bonchev–Trinajstić information content (AvgIpc) is 3.07. The van der Waals surface area contributed by atoms with E-state index in [-0.39, 0.29) is 11.6 Å². The smallest absolute Gasteiger partial charge is 0.254 e. The van der Waals surface area contributed by atoms with Crippen LogP contribution in [0.4, 0.5) is 8.78 Å². The van der Waals surface area contributed by atoms with Crippen molar-refractivity contribution < 1.29 is 18.3 Å². The number of hydrogen-bond donors (Lipinski definition) is 1. The molecule has 8 heteroatoms. The van der Waals surface area contributed by atoms with Crippen molar-refractivity contribution in [2.75, 3.05) is 19.7 Å². The summed E-state index contributed by atoms with van der Waals surface area (Å²) in [6.45, 7) is 6.75. The van der Waals surface area contributed by atoms with Crippen LogP contribution in [-0.2, 0) is 30.9 Å². The van der Waals surface area contributed by atoms with Gasteiger partial charge >= 0.3 is 0 Å². The second-order valence-electron chi connectivity index (χ2n) is 7.64. The van der Waals surface area contributed by atoms with Gasteiger partial charge in [0.1, 0.15) is 11.6 Å². The largest absolute Gasteiger partial charge is 0.376 e. The van der Waals surface area contributed by atoms with Gasteiger partial charge in [0.15, 0.2) is 0 Å². The van der Waals surface area contributed by atoms with E-state index in [4.69, 9.17) is 9.84 Å². The Morgan fingerprint density at radius 3 is 2.83 bits per heavy atom. The summed E-state index contributed by atoms with van der Waals surface area (Å²) < 4.78 is 34.5. The summed E-state index contributed by atoms with van der Waals surface area (Å²) in [5, 5.41) is 7.66. The molecule has 1 N–H and O–H groups in total. The van der Waals surface area contributed by atoms with Gasteiger partial charge in [0.25, 0.3) is 5.91 Å². The monoisotopic (exact) mass is 404 g/mol. The van der Waals surface area contributed by atoms with Gasteiger partial charge in [-0.1, -0.05) is 0 Å². The molecule has 0 aliphatic carbocycles. The summed E-state index contributed by atoms with van der Waals surface area (Å²) in [4.78, 5) is 14.6. The lowest BCUT2D eigenvalue weighted by Crippen LogP contribution is -2.44. The van der Waals surface area contributed by atoms with Crippen molar-refractivity contribution in [2.45, 2.75) is 51.9 Å². The second-order valence-corrected chi connectivity index (χ2v) is 7.64. The van der Waals surface area contributed by atoms with E-state index in [9.17, 15) is 13.6 Å². The van der Waals surface area contributed by atoms with Gasteiger partial charge in [-0.3, -0.25) is 14.4 Å². The fourth-order valence-electron chi connectivity index (χ4n) is 4.15. The van der Waals surface area contributed by atoms with Gasteiger partial charge in [0, 0.05) is 56.0 Å². The van der Waals surface area contributed by atoms with Crippen molar-refractivity contribution in [1.82, 2.24) is 20.0 Å². The van der Waals surface area contributed by atoms with E-state index in [0.717, 1.165) is 69.9 Å².